The number of nitrogen functional groups attached to an aromatic ring is 1. The summed E-state index contributed by atoms with van der Waals surface area (Å²) in [6.07, 6.45) is 0.0566. The number of halogens is 4. The third-order valence-electron chi connectivity index (χ3n) is 6.83. The number of aryl methyl sites for hydroxylation is 1. The molecule has 4 heterocycles. The maximum atomic E-state index is 13.9. The smallest absolute Gasteiger partial charge is 0.418 e. The van der Waals surface area contributed by atoms with E-state index < -0.39 is 25.4 Å². The van der Waals surface area contributed by atoms with E-state index in [1.807, 2.05) is 6.92 Å². The second kappa shape index (κ2) is 12.1. The molecule has 0 spiro atoms. The second-order valence-electron chi connectivity index (χ2n) is 11.2. The van der Waals surface area contributed by atoms with E-state index in [0.29, 0.717) is 49.3 Å². The SMILES string of the molecule is Cc1nn(C2CCCOC2)c(OCCCN2c3c(c(C(F)(F)F)cn3COCC[Si](C)(C)C)C=NC2Cl)c1N. The fraction of sp³-hybridized carbons (Fsp3) is 0.680. The molecule has 0 aliphatic carbocycles. The first-order valence-corrected chi connectivity index (χ1v) is 17.4. The zero-order valence-electron chi connectivity index (χ0n) is 22.9. The minimum atomic E-state index is -4.54. The van der Waals surface area contributed by atoms with Crippen molar-refractivity contribution in [1.29, 1.82) is 0 Å². The summed E-state index contributed by atoms with van der Waals surface area (Å²) in [6.45, 7) is 10.8. The van der Waals surface area contributed by atoms with Crippen molar-refractivity contribution < 1.29 is 27.4 Å². The first-order chi connectivity index (χ1) is 18.4. The lowest BCUT2D eigenvalue weighted by atomic mass is 10.1. The standard InChI is InChI=1S/C25H38ClF3N6O3Si/c1-17-21(30)23(35(32-17)18-7-5-9-36-15-18)38-10-6-8-34-22-19(13-31-24(34)26)20(25(27,28)29)14-33(22)16-37-11-12-39(2,3)4/h13-14,18,24H,5-12,15-16,30H2,1-4H3. The molecule has 39 heavy (non-hydrogen) atoms. The van der Waals surface area contributed by atoms with Crippen molar-refractivity contribution in [3.63, 3.8) is 0 Å². The number of aliphatic imine (C=N–C) groups is 1. The van der Waals surface area contributed by atoms with Crippen LogP contribution in [0.3, 0.4) is 0 Å². The minimum absolute atomic E-state index is 0.00814. The Morgan fingerprint density at radius 2 is 2.03 bits per heavy atom. The Bertz CT molecular complexity index is 1160. The summed E-state index contributed by atoms with van der Waals surface area (Å²) in [5.41, 5.74) is 5.77. The molecule has 218 valence electrons. The van der Waals surface area contributed by atoms with Crippen LogP contribution in [0.25, 0.3) is 0 Å². The Labute approximate surface area is 233 Å². The van der Waals surface area contributed by atoms with Gasteiger partial charge in [-0.25, -0.2) is 4.68 Å². The molecular formula is C25H38ClF3N6O3Si. The topological polar surface area (TPSA) is 92.1 Å². The Morgan fingerprint density at radius 3 is 2.69 bits per heavy atom. The van der Waals surface area contributed by atoms with E-state index in [1.165, 1.54) is 10.8 Å². The number of hydrogen-bond acceptors (Lipinski definition) is 7. The molecule has 2 N–H and O–H groups in total. The highest BCUT2D eigenvalue weighted by Gasteiger charge is 2.39. The van der Waals surface area contributed by atoms with Gasteiger partial charge in [-0.1, -0.05) is 31.2 Å². The largest absolute Gasteiger partial charge is 0.476 e. The maximum Gasteiger partial charge on any atom is 0.418 e. The molecule has 0 saturated carbocycles. The Balaban J connectivity index is 1.47. The minimum Gasteiger partial charge on any atom is -0.476 e. The van der Waals surface area contributed by atoms with E-state index in [1.54, 1.807) is 9.58 Å². The number of hydrogen-bond donors (Lipinski definition) is 1. The number of aromatic nitrogens is 3. The van der Waals surface area contributed by atoms with E-state index in [0.717, 1.165) is 31.7 Å². The molecule has 4 rings (SSSR count). The van der Waals surface area contributed by atoms with Gasteiger partial charge in [0, 0.05) is 45.8 Å². The summed E-state index contributed by atoms with van der Waals surface area (Å²) in [4.78, 5) is 5.78. The van der Waals surface area contributed by atoms with Crippen LogP contribution in [0.5, 0.6) is 5.88 Å². The van der Waals surface area contributed by atoms with Gasteiger partial charge in [-0.2, -0.15) is 18.3 Å². The molecule has 2 unspecified atom stereocenters. The van der Waals surface area contributed by atoms with Gasteiger partial charge < -0.3 is 29.4 Å². The quantitative estimate of drug-likeness (QED) is 0.161. The molecule has 0 radical (unpaired) electrons. The summed E-state index contributed by atoms with van der Waals surface area (Å²) in [6, 6.07) is 0.955. The van der Waals surface area contributed by atoms with E-state index in [-0.39, 0.29) is 24.9 Å². The van der Waals surface area contributed by atoms with Crippen LogP contribution in [-0.4, -0.2) is 67.2 Å². The summed E-state index contributed by atoms with van der Waals surface area (Å²) in [7, 11) is -1.34. The first kappa shape index (κ1) is 29.8. The maximum absolute atomic E-state index is 13.9. The molecule has 9 nitrogen and oxygen atoms in total. The lowest BCUT2D eigenvalue weighted by Crippen LogP contribution is -2.37. The van der Waals surface area contributed by atoms with Crippen LogP contribution in [-0.2, 0) is 22.4 Å². The van der Waals surface area contributed by atoms with Crippen LogP contribution < -0.4 is 15.4 Å². The van der Waals surface area contributed by atoms with Gasteiger partial charge in [0.25, 0.3) is 0 Å². The second-order valence-corrected chi connectivity index (χ2v) is 17.2. The zero-order valence-corrected chi connectivity index (χ0v) is 24.7. The van der Waals surface area contributed by atoms with Gasteiger partial charge >= 0.3 is 6.18 Å². The molecule has 0 bridgehead atoms. The van der Waals surface area contributed by atoms with Gasteiger partial charge in [-0.05, 0) is 32.2 Å². The number of fused-ring (bicyclic) bond motifs is 1. The molecule has 2 aliphatic rings. The fourth-order valence-electron chi connectivity index (χ4n) is 4.65. The Morgan fingerprint density at radius 1 is 1.26 bits per heavy atom. The normalized spacial score (nSPS) is 19.9. The van der Waals surface area contributed by atoms with E-state index in [9.17, 15) is 13.2 Å². The predicted molar refractivity (Wildman–Crippen MR) is 149 cm³/mol. The lowest BCUT2D eigenvalue weighted by Gasteiger charge is -2.31. The summed E-state index contributed by atoms with van der Waals surface area (Å²) in [5, 5.41) is 4.55. The van der Waals surface area contributed by atoms with Crippen molar-refractivity contribution in [2.45, 2.75) is 76.4 Å². The lowest BCUT2D eigenvalue weighted by molar-refractivity contribution is -0.137. The molecule has 2 aromatic heterocycles. The Hall–Kier alpha value is -2.22. The third-order valence-corrected chi connectivity index (χ3v) is 8.88. The van der Waals surface area contributed by atoms with Gasteiger partial charge in [0.15, 0.2) is 5.62 Å². The van der Waals surface area contributed by atoms with Crippen LogP contribution in [0.1, 0.15) is 42.1 Å². The monoisotopic (exact) mass is 590 g/mol. The Kier molecular flexibility index (Phi) is 9.24. The third kappa shape index (κ3) is 7.11. The predicted octanol–water partition coefficient (Wildman–Crippen LogP) is 5.49. The van der Waals surface area contributed by atoms with Gasteiger partial charge in [-0.15, -0.1) is 0 Å². The molecule has 14 heteroatoms. The fourth-order valence-corrected chi connectivity index (χ4v) is 5.66. The van der Waals surface area contributed by atoms with Crippen molar-refractivity contribution in [2.24, 2.45) is 4.99 Å². The summed E-state index contributed by atoms with van der Waals surface area (Å²) < 4.78 is 62.3. The van der Waals surface area contributed by atoms with Crippen molar-refractivity contribution in [2.75, 3.05) is 43.6 Å². The van der Waals surface area contributed by atoms with Crippen molar-refractivity contribution in [3.8, 4) is 5.88 Å². The average Bonchev–Trinajstić information content (AvgIpc) is 3.38. The van der Waals surface area contributed by atoms with Crippen LogP contribution >= 0.6 is 11.6 Å². The van der Waals surface area contributed by atoms with Crippen LogP contribution in [0.4, 0.5) is 24.7 Å². The van der Waals surface area contributed by atoms with Gasteiger partial charge in [0.1, 0.15) is 18.2 Å². The van der Waals surface area contributed by atoms with E-state index in [4.69, 9.17) is 31.5 Å². The molecule has 1 saturated heterocycles. The number of anilines is 2. The van der Waals surface area contributed by atoms with Crippen molar-refractivity contribution in [3.05, 3.63) is 23.0 Å². The average molecular weight is 591 g/mol. The summed E-state index contributed by atoms with van der Waals surface area (Å²) >= 11 is 6.49. The molecule has 2 aliphatic heterocycles. The highest BCUT2D eigenvalue weighted by molar-refractivity contribution is 6.76. The number of alkyl halides is 4. The van der Waals surface area contributed by atoms with Gasteiger partial charge in [-0.3, -0.25) is 4.99 Å². The highest BCUT2D eigenvalue weighted by Crippen LogP contribution is 2.40. The zero-order chi connectivity index (χ0) is 28.4. The number of nitrogens with zero attached hydrogens (tertiary/aromatic N) is 5. The molecule has 0 aromatic carbocycles. The number of nitrogens with two attached hydrogens (primary N) is 1. The van der Waals surface area contributed by atoms with E-state index >= 15 is 0 Å². The van der Waals surface area contributed by atoms with Crippen molar-refractivity contribution in [1.82, 2.24) is 14.3 Å². The molecule has 2 atom stereocenters. The number of ether oxygens (including phenoxy) is 3. The van der Waals surface area contributed by atoms with Crippen molar-refractivity contribution >= 4 is 37.4 Å². The number of rotatable bonds is 11. The summed E-state index contributed by atoms with van der Waals surface area (Å²) in [5.74, 6) is 0.825. The first-order valence-electron chi connectivity index (χ1n) is 13.2. The molecule has 2 aromatic rings. The van der Waals surface area contributed by atoms with Crippen LogP contribution in [0.2, 0.25) is 25.7 Å². The molecule has 1 fully saturated rings. The highest BCUT2D eigenvalue weighted by atomic mass is 35.5. The van der Waals surface area contributed by atoms with Crippen LogP contribution in [0.15, 0.2) is 11.2 Å². The van der Waals surface area contributed by atoms with Gasteiger partial charge in [0.2, 0.25) is 5.88 Å². The molecule has 0 amide bonds. The molecular weight excluding hydrogens is 553 g/mol. The van der Waals surface area contributed by atoms with E-state index in [2.05, 4.69) is 29.7 Å². The van der Waals surface area contributed by atoms with Gasteiger partial charge in [0.05, 0.1) is 30.5 Å². The van der Waals surface area contributed by atoms with Crippen LogP contribution in [0, 0.1) is 6.92 Å².